The molecule has 40 heavy (non-hydrogen) atoms. The first-order valence-electron chi connectivity index (χ1n) is 12.4. The van der Waals surface area contributed by atoms with Crippen molar-refractivity contribution in [3.8, 4) is 5.75 Å². The third-order valence-corrected chi connectivity index (χ3v) is 10.5. The van der Waals surface area contributed by atoms with E-state index in [1.165, 1.54) is 6.20 Å². The lowest BCUT2D eigenvalue weighted by Crippen LogP contribution is -2.62. The predicted molar refractivity (Wildman–Crippen MR) is 130 cm³/mol. The fraction of sp³-hybridized carbons (Fsp3) is 0.520. The molecule has 1 aromatic heterocycles. The number of alkyl halides is 6. The highest BCUT2D eigenvalue weighted by molar-refractivity contribution is 7.90. The molecule has 15 heteroatoms. The van der Waals surface area contributed by atoms with Gasteiger partial charge in [-0.3, -0.25) is 4.79 Å². The number of rotatable bonds is 9. The molecule has 2 aliphatic carbocycles. The van der Waals surface area contributed by atoms with Crippen LogP contribution in [0, 0.1) is 5.82 Å². The molecule has 0 radical (unpaired) electrons. The van der Waals surface area contributed by atoms with Crippen LogP contribution in [-0.4, -0.2) is 47.8 Å². The molecule has 3 aliphatic rings. The van der Waals surface area contributed by atoms with Crippen LogP contribution >= 0.6 is 11.3 Å². The molecule has 0 bridgehead atoms. The molecule has 1 aromatic carbocycles. The smallest absolute Gasteiger partial charge is 0.417 e. The average Bonchev–Trinajstić information content (AvgIpc) is 3.78. The minimum Gasteiger partial charge on any atom is -0.493 e. The number of nitrogens with zero attached hydrogens (tertiary/aromatic N) is 2. The summed E-state index contributed by atoms with van der Waals surface area (Å²) in [6, 6.07) is 2.14. The lowest BCUT2D eigenvalue weighted by molar-refractivity contribution is -0.222. The van der Waals surface area contributed by atoms with Gasteiger partial charge >= 0.3 is 12.4 Å². The maximum absolute atomic E-state index is 15.5. The first-order valence-corrected chi connectivity index (χ1v) is 14.8. The van der Waals surface area contributed by atoms with E-state index in [0.717, 1.165) is 41.2 Å². The van der Waals surface area contributed by atoms with Crippen LogP contribution in [0.3, 0.4) is 0 Å². The number of hydrogen-bond donors (Lipinski definition) is 0. The van der Waals surface area contributed by atoms with Gasteiger partial charge in [0.25, 0.3) is 5.91 Å². The van der Waals surface area contributed by atoms with Gasteiger partial charge in [-0.1, -0.05) is 0 Å². The van der Waals surface area contributed by atoms with Crippen molar-refractivity contribution in [3.05, 3.63) is 51.7 Å². The average molecular weight is 613 g/mol. The minimum atomic E-state index is -5.46. The summed E-state index contributed by atoms with van der Waals surface area (Å²) in [5.74, 6) is -3.09. The fourth-order valence-electron chi connectivity index (χ4n) is 4.74. The number of halogens is 7. The summed E-state index contributed by atoms with van der Waals surface area (Å²) in [4.78, 5) is 18.3. The van der Waals surface area contributed by atoms with Gasteiger partial charge in [-0.2, -0.15) is 26.3 Å². The number of benzene rings is 1. The van der Waals surface area contributed by atoms with E-state index in [9.17, 15) is 26.4 Å². The van der Waals surface area contributed by atoms with Gasteiger partial charge < -0.3 is 4.74 Å². The number of hydrogen-bond acceptors (Lipinski definition) is 6. The Hall–Kier alpha value is -2.68. The van der Waals surface area contributed by atoms with E-state index in [0.29, 0.717) is 12.1 Å². The Balaban J connectivity index is 1.57. The van der Waals surface area contributed by atoms with Crippen LogP contribution in [0.2, 0.25) is 0 Å². The molecule has 1 amide bonds. The molecule has 6 nitrogen and oxygen atoms in total. The molecule has 218 valence electrons. The number of ether oxygens (including phenoxy) is 1. The van der Waals surface area contributed by atoms with Crippen LogP contribution in [0.5, 0.6) is 5.75 Å². The van der Waals surface area contributed by atoms with Crippen LogP contribution in [-0.2, 0) is 20.4 Å². The molecule has 5 rings (SSSR count). The quantitative estimate of drug-likeness (QED) is 0.241. The lowest BCUT2D eigenvalue weighted by atomic mass is 9.80. The van der Waals surface area contributed by atoms with Gasteiger partial charge in [0.05, 0.1) is 11.9 Å². The fourth-order valence-corrected chi connectivity index (χ4v) is 7.87. The molecule has 2 fully saturated rings. The normalized spacial score (nSPS) is 22.4. The highest BCUT2D eigenvalue weighted by atomic mass is 32.2. The van der Waals surface area contributed by atoms with E-state index >= 15 is 17.6 Å². The number of sulfonamides is 1. The summed E-state index contributed by atoms with van der Waals surface area (Å²) in [6.45, 7) is -0.482. The Kier molecular flexibility index (Phi) is 7.21. The zero-order valence-corrected chi connectivity index (χ0v) is 22.3. The topological polar surface area (TPSA) is 76.6 Å². The van der Waals surface area contributed by atoms with Gasteiger partial charge in [0.15, 0.2) is 5.54 Å². The van der Waals surface area contributed by atoms with Crippen molar-refractivity contribution in [2.24, 2.45) is 0 Å². The molecule has 2 saturated carbocycles. The maximum Gasteiger partial charge on any atom is 0.417 e. The summed E-state index contributed by atoms with van der Waals surface area (Å²) < 4.78 is 130. The molecule has 1 atom stereocenters. The van der Waals surface area contributed by atoms with Gasteiger partial charge in [0.1, 0.15) is 16.6 Å². The number of amides is 1. The first kappa shape index (κ1) is 28.8. The van der Waals surface area contributed by atoms with Gasteiger partial charge in [-0.15, -0.1) is 11.3 Å². The molecular weight excluding hydrogens is 589 g/mol. The third-order valence-electron chi connectivity index (χ3n) is 7.00. The van der Waals surface area contributed by atoms with Crippen molar-refractivity contribution in [2.45, 2.75) is 74.0 Å². The molecule has 1 unspecified atom stereocenters. The summed E-state index contributed by atoms with van der Waals surface area (Å²) in [6.07, 6.45) is -8.41. The van der Waals surface area contributed by atoms with Gasteiger partial charge in [-0.25, -0.2) is 22.1 Å². The highest BCUT2D eigenvalue weighted by Crippen LogP contribution is 2.56. The SMILES string of the molecule is O=C1C=C(c2ncc(C3CC3)s2)CC(c2ccc(OCCCC(F)(F)F)cc2F)(C(F)(F)F)N1S(=O)(=O)C1CC1. The van der Waals surface area contributed by atoms with E-state index in [-0.39, 0.29) is 39.4 Å². The Morgan fingerprint density at radius 1 is 1.10 bits per heavy atom. The van der Waals surface area contributed by atoms with Crippen molar-refractivity contribution >= 4 is 32.8 Å². The van der Waals surface area contributed by atoms with E-state index < -0.39 is 76.3 Å². The lowest BCUT2D eigenvalue weighted by Gasteiger charge is -2.46. The van der Waals surface area contributed by atoms with Crippen LogP contribution in [0.25, 0.3) is 5.57 Å². The van der Waals surface area contributed by atoms with Crippen LogP contribution in [0.1, 0.15) is 66.3 Å². The van der Waals surface area contributed by atoms with Gasteiger partial charge in [-0.05, 0) is 55.7 Å². The van der Waals surface area contributed by atoms with Crippen molar-refractivity contribution in [3.63, 3.8) is 0 Å². The van der Waals surface area contributed by atoms with Gasteiger partial charge in [0, 0.05) is 41.6 Å². The van der Waals surface area contributed by atoms with E-state index in [2.05, 4.69) is 4.98 Å². The third kappa shape index (κ3) is 5.46. The van der Waals surface area contributed by atoms with Crippen molar-refractivity contribution in [1.82, 2.24) is 9.29 Å². The van der Waals surface area contributed by atoms with Crippen LogP contribution in [0.15, 0.2) is 30.5 Å². The number of carbonyl (C=O) groups excluding carboxylic acids is 1. The first-order chi connectivity index (χ1) is 18.6. The zero-order chi connectivity index (χ0) is 29.1. The summed E-state index contributed by atoms with van der Waals surface area (Å²) in [5, 5.41) is -1.11. The van der Waals surface area contributed by atoms with Crippen LogP contribution in [0.4, 0.5) is 30.7 Å². The molecule has 0 N–H and O–H groups in total. The summed E-state index contributed by atoms with van der Waals surface area (Å²) in [7, 11) is -4.84. The van der Waals surface area contributed by atoms with Crippen molar-refractivity contribution in [1.29, 1.82) is 0 Å². The Morgan fingerprint density at radius 3 is 2.38 bits per heavy atom. The maximum atomic E-state index is 15.5. The Labute approximate surface area is 228 Å². The summed E-state index contributed by atoms with van der Waals surface area (Å²) in [5.41, 5.74) is -4.92. The summed E-state index contributed by atoms with van der Waals surface area (Å²) >= 11 is 1.10. The second kappa shape index (κ2) is 10.00. The van der Waals surface area contributed by atoms with Crippen molar-refractivity contribution in [2.75, 3.05) is 6.61 Å². The molecular formula is C25H23F7N2O4S2. The second-order valence-electron chi connectivity index (χ2n) is 10.1. The Morgan fingerprint density at radius 2 is 1.80 bits per heavy atom. The number of aromatic nitrogens is 1. The predicted octanol–water partition coefficient (Wildman–Crippen LogP) is 6.45. The molecule has 2 heterocycles. The zero-order valence-electron chi connectivity index (χ0n) is 20.7. The standard InChI is InChI=1S/C25H23F7N2O4S2/c26-19-11-16(38-9-1-8-24(27,28)29)4-7-18(19)23(25(30,31)32)12-15(22-33-13-20(39-22)14-2-3-14)10-21(35)34(23)40(36,37)17-5-6-17/h4,7,10-11,13-14,17H,1-3,5-6,8-9,12H2. The largest absolute Gasteiger partial charge is 0.493 e. The molecule has 2 aromatic rings. The van der Waals surface area contributed by atoms with E-state index in [1.54, 1.807) is 0 Å². The number of carbonyl (C=O) groups is 1. The van der Waals surface area contributed by atoms with E-state index in [4.69, 9.17) is 4.74 Å². The molecule has 1 aliphatic heterocycles. The molecule has 0 saturated heterocycles. The monoisotopic (exact) mass is 612 g/mol. The van der Waals surface area contributed by atoms with Crippen molar-refractivity contribution < 1.29 is 48.7 Å². The van der Waals surface area contributed by atoms with Gasteiger partial charge in [0.2, 0.25) is 10.0 Å². The second-order valence-corrected chi connectivity index (χ2v) is 13.2. The minimum absolute atomic E-state index is 0.0566. The Bertz CT molecular complexity index is 1440. The number of thiazole rings is 1. The highest BCUT2D eigenvalue weighted by Gasteiger charge is 2.68. The molecule has 0 spiro atoms. The van der Waals surface area contributed by atoms with Crippen LogP contribution < -0.4 is 4.74 Å². The van der Waals surface area contributed by atoms with E-state index in [1.807, 2.05) is 0 Å².